The maximum Gasteiger partial charge on any atom is 0.255 e. The average Bonchev–Trinajstić information content (AvgIpc) is 2.82. The molecule has 1 atom stereocenters. The summed E-state index contributed by atoms with van der Waals surface area (Å²) >= 11 is 0. The van der Waals surface area contributed by atoms with Gasteiger partial charge in [0.05, 0.1) is 11.6 Å². The number of anilines is 2. The Morgan fingerprint density at radius 3 is 2.83 bits per heavy atom. The van der Waals surface area contributed by atoms with Crippen LogP contribution < -0.4 is 10.2 Å². The van der Waals surface area contributed by atoms with E-state index in [1.54, 1.807) is 0 Å². The summed E-state index contributed by atoms with van der Waals surface area (Å²) in [4.78, 5) is 26.9. The van der Waals surface area contributed by atoms with Crippen molar-refractivity contribution in [2.75, 3.05) is 16.8 Å². The van der Waals surface area contributed by atoms with E-state index in [0.717, 1.165) is 47.5 Å². The quantitative estimate of drug-likeness (QED) is 0.918. The number of hydrogen-bond donors (Lipinski definition) is 1. The summed E-state index contributed by atoms with van der Waals surface area (Å²) in [5.74, 6) is -0.0645. The van der Waals surface area contributed by atoms with Crippen molar-refractivity contribution < 1.29 is 9.59 Å². The van der Waals surface area contributed by atoms with Crippen LogP contribution in [0.3, 0.4) is 0 Å². The summed E-state index contributed by atoms with van der Waals surface area (Å²) in [6, 6.07) is 11.5. The first-order valence-corrected chi connectivity index (χ1v) is 8.41. The molecule has 4 rings (SSSR count). The summed E-state index contributed by atoms with van der Waals surface area (Å²) in [6.07, 6.45) is 1.92. The zero-order valence-corrected chi connectivity index (χ0v) is 13.9. The Bertz CT molecular complexity index is 857. The van der Waals surface area contributed by atoms with E-state index in [9.17, 15) is 9.59 Å². The molecule has 0 aliphatic carbocycles. The molecule has 2 aliphatic rings. The average molecular weight is 320 g/mol. The minimum atomic E-state index is -0.132. The Kier molecular flexibility index (Phi) is 3.41. The minimum Gasteiger partial charge on any atom is -0.322 e. The highest BCUT2D eigenvalue weighted by Crippen LogP contribution is 2.44. The van der Waals surface area contributed by atoms with Crippen LogP contribution >= 0.6 is 0 Å². The fourth-order valence-electron chi connectivity index (χ4n) is 3.79. The monoisotopic (exact) mass is 320 g/mol. The van der Waals surface area contributed by atoms with Crippen LogP contribution in [0, 0.1) is 6.92 Å². The Morgan fingerprint density at radius 1 is 1.25 bits per heavy atom. The molecule has 24 heavy (non-hydrogen) atoms. The molecule has 0 fully saturated rings. The number of rotatable bonds is 2. The van der Waals surface area contributed by atoms with Crippen LogP contribution in [0.1, 0.15) is 46.3 Å². The number of nitrogens with zero attached hydrogens (tertiary/aromatic N) is 1. The molecule has 4 nitrogen and oxygen atoms in total. The van der Waals surface area contributed by atoms with Crippen molar-refractivity contribution in [1.29, 1.82) is 0 Å². The van der Waals surface area contributed by atoms with Crippen molar-refractivity contribution in [2.24, 2.45) is 0 Å². The Hall–Kier alpha value is -2.62. The SMILES string of the molecule is Cc1ccccc1C(=O)Nc1cc2c3c(c1)[C@H](C)C(=O)N3CCC2. The van der Waals surface area contributed by atoms with E-state index in [1.165, 1.54) is 0 Å². The Morgan fingerprint density at radius 2 is 2.04 bits per heavy atom. The van der Waals surface area contributed by atoms with Crippen molar-refractivity contribution >= 4 is 23.2 Å². The van der Waals surface area contributed by atoms with Crippen LogP contribution in [0.15, 0.2) is 36.4 Å². The molecule has 2 amide bonds. The van der Waals surface area contributed by atoms with E-state index in [4.69, 9.17) is 0 Å². The predicted octanol–water partition coefficient (Wildman–Crippen LogP) is 3.64. The third-order valence-corrected chi connectivity index (χ3v) is 5.07. The van der Waals surface area contributed by atoms with Gasteiger partial charge in [-0.15, -0.1) is 0 Å². The lowest BCUT2D eigenvalue weighted by atomic mass is 9.96. The van der Waals surface area contributed by atoms with Gasteiger partial charge in [-0.2, -0.15) is 0 Å². The fraction of sp³-hybridized carbons (Fsp3) is 0.300. The first-order chi connectivity index (χ1) is 11.6. The molecule has 2 aliphatic heterocycles. The van der Waals surface area contributed by atoms with Crippen molar-refractivity contribution in [2.45, 2.75) is 32.6 Å². The molecule has 0 spiro atoms. The van der Waals surface area contributed by atoms with Gasteiger partial charge in [0.1, 0.15) is 0 Å². The second kappa shape index (κ2) is 5.48. The van der Waals surface area contributed by atoms with Gasteiger partial charge in [0.2, 0.25) is 5.91 Å². The predicted molar refractivity (Wildman–Crippen MR) is 94.7 cm³/mol. The highest BCUT2D eigenvalue weighted by atomic mass is 16.2. The zero-order chi connectivity index (χ0) is 16.8. The van der Waals surface area contributed by atoms with E-state index in [2.05, 4.69) is 5.32 Å². The third-order valence-electron chi connectivity index (χ3n) is 5.07. The zero-order valence-electron chi connectivity index (χ0n) is 13.9. The normalized spacial score (nSPS) is 18.5. The van der Waals surface area contributed by atoms with Gasteiger partial charge in [-0.3, -0.25) is 9.59 Å². The molecule has 122 valence electrons. The highest BCUT2D eigenvalue weighted by molar-refractivity contribution is 6.08. The molecule has 2 heterocycles. The maximum absolute atomic E-state index is 12.6. The van der Waals surface area contributed by atoms with E-state index >= 15 is 0 Å². The van der Waals surface area contributed by atoms with Crippen LogP contribution in [0.25, 0.3) is 0 Å². The van der Waals surface area contributed by atoms with Crippen molar-refractivity contribution in [3.8, 4) is 0 Å². The van der Waals surface area contributed by atoms with Crippen LogP contribution in [0.2, 0.25) is 0 Å². The van der Waals surface area contributed by atoms with E-state index in [1.807, 2.05) is 55.1 Å². The van der Waals surface area contributed by atoms with E-state index in [-0.39, 0.29) is 17.7 Å². The number of carbonyl (C=O) groups excluding carboxylic acids is 2. The third kappa shape index (κ3) is 2.21. The molecule has 0 aromatic heterocycles. The summed E-state index contributed by atoms with van der Waals surface area (Å²) in [7, 11) is 0. The first kappa shape index (κ1) is 14.9. The van der Waals surface area contributed by atoms with Gasteiger partial charge < -0.3 is 10.2 Å². The molecular formula is C20H20N2O2. The number of aryl methyl sites for hydroxylation is 2. The van der Waals surface area contributed by atoms with Crippen LogP contribution in [-0.4, -0.2) is 18.4 Å². The highest BCUT2D eigenvalue weighted by Gasteiger charge is 2.37. The summed E-state index contributed by atoms with van der Waals surface area (Å²) < 4.78 is 0. The van der Waals surface area contributed by atoms with Crippen molar-refractivity contribution in [1.82, 2.24) is 0 Å². The lowest BCUT2D eigenvalue weighted by Crippen LogP contribution is -2.32. The van der Waals surface area contributed by atoms with Gasteiger partial charge in [0.15, 0.2) is 0 Å². The van der Waals surface area contributed by atoms with Crippen molar-refractivity contribution in [3.05, 3.63) is 58.7 Å². The molecule has 0 saturated carbocycles. The van der Waals surface area contributed by atoms with Gasteiger partial charge >= 0.3 is 0 Å². The molecule has 4 heteroatoms. The summed E-state index contributed by atoms with van der Waals surface area (Å²) in [5.41, 5.74) is 5.69. The second-order valence-corrected chi connectivity index (χ2v) is 6.66. The van der Waals surface area contributed by atoms with Gasteiger partial charge in [-0.25, -0.2) is 0 Å². The first-order valence-electron chi connectivity index (χ1n) is 8.41. The van der Waals surface area contributed by atoms with Gasteiger partial charge in [-0.05, 0) is 61.6 Å². The number of amides is 2. The van der Waals surface area contributed by atoms with E-state index < -0.39 is 0 Å². The second-order valence-electron chi connectivity index (χ2n) is 6.66. The summed E-state index contributed by atoms with van der Waals surface area (Å²) in [5, 5.41) is 3.01. The largest absolute Gasteiger partial charge is 0.322 e. The molecule has 0 radical (unpaired) electrons. The number of benzene rings is 2. The molecule has 1 N–H and O–H groups in total. The molecular weight excluding hydrogens is 300 g/mol. The topological polar surface area (TPSA) is 49.4 Å². The minimum absolute atomic E-state index is 0.107. The Balaban J connectivity index is 1.70. The van der Waals surface area contributed by atoms with Crippen LogP contribution in [-0.2, 0) is 11.2 Å². The lowest BCUT2D eigenvalue weighted by Gasteiger charge is -2.26. The number of nitrogens with one attached hydrogen (secondary N) is 1. The fourth-order valence-corrected chi connectivity index (χ4v) is 3.79. The Labute approximate surface area is 141 Å². The van der Waals surface area contributed by atoms with Crippen LogP contribution in [0.4, 0.5) is 11.4 Å². The van der Waals surface area contributed by atoms with Gasteiger partial charge in [0.25, 0.3) is 5.91 Å². The lowest BCUT2D eigenvalue weighted by molar-refractivity contribution is -0.119. The standard InChI is InChI=1S/C20H20N2O2/c1-12-6-3-4-8-16(12)19(23)21-15-10-14-7-5-9-22-18(14)17(11-15)13(2)20(22)24/h3-4,6,8,10-11,13H,5,7,9H2,1-2H3,(H,21,23)/t13-/m0/s1. The number of hydrogen-bond acceptors (Lipinski definition) is 2. The molecule has 2 aromatic carbocycles. The molecule has 0 unspecified atom stereocenters. The molecule has 0 saturated heterocycles. The molecule has 2 aromatic rings. The van der Waals surface area contributed by atoms with Crippen LogP contribution in [0.5, 0.6) is 0 Å². The smallest absolute Gasteiger partial charge is 0.255 e. The summed E-state index contributed by atoms with van der Waals surface area (Å²) in [6.45, 7) is 4.68. The maximum atomic E-state index is 12.6. The molecule has 0 bridgehead atoms. The number of carbonyl (C=O) groups is 2. The van der Waals surface area contributed by atoms with Gasteiger partial charge in [-0.1, -0.05) is 18.2 Å². The van der Waals surface area contributed by atoms with Gasteiger partial charge in [0, 0.05) is 17.8 Å². The van der Waals surface area contributed by atoms with E-state index in [0.29, 0.717) is 5.56 Å². The van der Waals surface area contributed by atoms with Crippen molar-refractivity contribution in [3.63, 3.8) is 0 Å².